The predicted octanol–water partition coefficient (Wildman–Crippen LogP) is 5.30. The summed E-state index contributed by atoms with van der Waals surface area (Å²) in [5, 5.41) is 2.37. The van der Waals surface area contributed by atoms with Crippen LogP contribution in [0.1, 0.15) is 25.7 Å². The van der Waals surface area contributed by atoms with Crippen molar-refractivity contribution in [2.24, 2.45) is 0 Å². The summed E-state index contributed by atoms with van der Waals surface area (Å²) in [6.45, 7) is 0. The van der Waals surface area contributed by atoms with Crippen LogP contribution in [0.15, 0.2) is 23.1 Å². The lowest BCUT2D eigenvalue weighted by Crippen LogP contribution is -2.25. The molecule has 0 aliphatic heterocycles. The van der Waals surface area contributed by atoms with E-state index in [-0.39, 0.29) is 5.97 Å². The Labute approximate surface area is 144 Å². The van der Waals surface area contributed by atoms with Crippen molar-refractivity contribution < 1.29 is 9.53 Å². The molecule has 116 valence electrons. The van der Waals surface area contributed by atoms with Crippen LogP contribution in [0.2, 0.25) is 10.0 Å². The van der Waals surface area contributed by atoms with Crippen LogP contribution in [-0.4, -0.2) is 29.3 Å². The Bertz CT molecular complexity index is 497. The molecule has 1 saturated carbocycles. The summed E-state index contributed by atoms with van der Waals surface area (Å²) in [6.07, 6.45) is 4.73. The molecule has 21 heavy (non-hydrogen) atoms. The van der Waals surface area contributed by atoms with Crippen LogP contribution in [0.4, 0.5) is 0 Å². The number of hydrogen-bond acceptors (Lipinski definition) is 4. The van der Waals surface area contributed by atoms with Gasteiger partial charge in [0.15, 0.2) is 0 Å². The molecule has 1 aliphatic rings. The molecule has 0 radical (unpaired) electrons. The number of benzene rings is 1. The van der Waals surface area contributed by atoms with Crippen molar-refractivity contribution >= 4 is 52.7 Å². The molecule has 0 bridgehead atoms. The zero-order chi connectivity index (χ0) is 15.2. The molecular weight excluding hydrogens is 347 g/mol. The monoisotopic (exact) mass is 364 g/mol. The first-order valence-electron chi connectivity index (χ1n) is 6.90. The van der Waals surface area contributed by atoms with E-state index < -0.39 is 0 Å². The van der Waals surface area contributed by atoms with Gasteiger partial charge in [-0.15, -0.1) is 23.5 Å². The van der Waals surface area contributed by atoms with Crippen molar-refractivity contribution in [1.82, 2.24) is 0 Å². The molecule has 2 rings (SSSR count). The molecule has 0 heterocycles. The van der Waals surface area contributed by atoms with Crippen molar-refractivity contribution in [2.75, 3.05) is 12.9 Å². The number of methoxy groups -OCH3 is 1. The van der Waals surface area contributed by atoms with E-state index in [0.29, 0.717) is 21.3 Å². The number of carbonyl (C=O) groups is 1. The van der Waals surface area contributed by atoms with Crippen LogP contribution >= 0.6 is 46.7 Å². The number of hydrogen-bond donors (Lipinski definition) is 0. The van der Waals surface area contributed by atoms with Gasteiger partial charge in [-0.05, 0) is 31.0 Å². The van der Waals surface area contributed by atoms with Gasteiger partial charge in [0.2, 0.25) is 0 Å². The van der Waals surface area contributed by atoms with Crippen molar-refractivity contribution in [3.05, 3.63) is 28.2 Å². The van der Waals surface area contributed by atoms with E-state index in [4.69, 9.17) is 27.9 Å². The van der Waals surface area contributed by atoms with Crippen molar-refractivity contribution in [2.45, 2.75) is 41.1 Å². The number of thioether (sulfide) groups is 2. The Balaban J connectivity index is 2.01. The van der Waals surface area contributed by atoms with Gasteiger partial charge in [-0.2, -0.15) is 0 Å². The Hall–Kier alpha value is -0.0300. The smallest absolute Gasteiger partial charge is 0.315 e. The maximum absolute atomic E-state index is 11.3. The highest BCUT2D eigenvalue weighted by Crippen LogP contribution is 2.42. The first-order chi connectivity index (χ1) is 10.1. The van der Waals surface area contributed by atoms with Crippen LogP contribution < -0.4 is 0 Å². The van der Waals surface area contributed by atoms with Crippen LogP contribution in [0.3, 0.4) is 0 Å². The summed E-state index contributed by atoms with van der Waals surface area (Å²) in [6, 6.07) is 5.56. The first-order valence-corrected chi connectivity index (χ1v) is 9.58. The van der Waals surface area contributed by atoms with Gasteiger partial charge in [0.1, 0.15) is 0 Å². The third-order valence-electron chi connectivity index (χ3n) is 3.46. The van der Waals surface area contributed by atoms with E-state index in [1.54, 1.807) is 29.6 Å². The maximum Gasteiger partial charge on any atom is 0.315 e. The van der Waals surface area contributed by atoms with Crippen LogP contribution in [-0.2, 0) is 9.53 Å². The summed E-state index contributed by atoms with van der Waals surface area (Å²) in [5.74, 6) is 0.261. The number of carbonyl (C=O) groups excluding carboxylic acids is 1. The van der Waals surface area contributed by atoms with E-state index in [9.17, 15) is 4.79 Å². The fourth-order valence-corrected chi connectivity index (χ4v) is 5.67. The second kappa shape index (κ2) is 8.56. The number of esters is 1. The van der Waals surface area contributed by atoms with E-state index >= 15 is 0 Å². The van der Waals surface area contributed by atoms with Gasteiger partial charge in [0.05, 0.1) is 17.9 Å². The lowest BCUT2D eigenvalue weighted by atomic mass is 10.00. The average Bonchev–Trinajstić information content (AvgIpc) is 2.49. The van der Waals surface area contributed by atoms with Crippen molar-refractivity contribution in [3.8, 4) is 0 Å². The molecule has 1 aromatic carbocycles. The Morgan fingerprint density at radius 2 is 2.00 bits per heavy atom. The number of halogens is 2. The quantitative estimate of drug-likeness (QED) is 0.661. The van der Waals surface area contributed by atoms with Crippen molar-refractivity contribution in [3.63, 3.8) is 0 Å². The van der Waals surface area contributed by atoms with E-state index in [1.807, 2.05) is 12.1 Å². The standard InChI is InChI=1S/C15H18Cl2O2S2/c1-19-15(18)9-20-12-4-2-3-5-13(12)21-14-8-10(16)6-7-11(14)17/h6-8,12-13H,2-5,9H2,1H3/t12-,13-/m1/s1. The van der Waals surface area contributed by atoms with Gasteiger partial charge in [-0.3, -0.25) is 4.79 Å². The summed E-state index contributed by atoms with van der Waals surface area (Å²) >= 11 is 15.8. The molecule has 6 heteroatoms. The van der Waals surface area contributed by atoms with E-state index in [2.05, 4.69) is 0 Å². The Morgan fingerprint density at radius 1 is 1.29 bits per heavy atom. The molecule has 1 aliphatic carbocycles. The van der Waals surface area contributed by atoms with Gasteiger partial charge in [0, 0.05) is 20.4 Å². The minimum absolute atomic E-state index is 0.157. The zero-order valence-electron chi connectivity index (χ0n) is 11.8. The van der Waals surface area contributed by atoms with Gasteiger partial charge >= 0.3 is 5.97 Å². The molecule has 0 saturated heterocycles. The summed E-state index contributed by atoms with van der Waals surface area (Å²) in [7, 11) is 1.43. The molecule has 0 aromatic heterocycles. The average molecular weight is 365 g/mol. The number of ether oxygens (including phenoxy) is 1. The molecule has 0 amide bonds. The fraction of sp³-hybridized carbons (Fsp3) is 0.533. The molecule has 2 atom stereocenters. The van der Waals surface area contributed by atoms with Gasteiger partial charge in [-0.25, -0.2) is 0 Å². The molecule has 2 nitrogen and oxygen atoms in total. The minimum atomic E-state index is -0.157. The Morgan fingerprint density at radius 3 is 2.71 bits per heavy atom. The molecule has 0 unspecified atom stereocenters. The summed E-state index contributed by atoms with van der Waals surface area (Å²) in [5.41, 5.74) is 0. The molecule has 0 N–H and O–H groups in total. The highest BCUT2D eigenvalue weighted by atomic mass is 35.5. The van der Waals surface area contributed by atoms with E-state index in [1.165, 1.54) is 20.0 Å². The van der Waals surface area contributed by atoms with Crippen LogP contribution in [0, 0.1) is 0 Å². The third-order valence-corrected chi connectivity index (χ3v) is 7.16. The minimum Gasteiger partial charge on any atom is -0.468 e. The predicted molar refractivity (Wildman–Crippen MR) is 92.8 cm³/mol. The van der Waals surface area contributed by atoms with Crippen molar-refractivity contribution in [1.29, 1.82) is 0 Å². The fourth-order valence-electron chi connectivity index (χ4n) is 2.35. The Kier molecular flexibility index (Phi) is 7.06. The second-order valence-electron chi connectivity index (χ2n) is 4.94. The van der Waals surface area contributed by atoms with Gasteiger partial charge in [0.25, 0.3) is 0 Å². The van der Waals surface area contributed by atoms with E-state index in [0.717, 1.165) is 22.8 Å². The molecule has 1 aromatic rings. The first kappa shape index (κ1) is 17.3. The maximum atomic E-state index is 11.3. The molecule has 1 fully saturated rings. The van der Waals surface area contributed by atoms with Crippen LogP contribution in [0.5, 0.6) is 0 Å². The molecule has 0 spiro atoms. The number of rotatable bonds is 5. The second-order valence-corrected chi connectivity index (χ2v) is 8.29. The lowest BCUT2D eigenvalue weighted by Gasteiger charge is -2.30. The third kappa shape index (κ3) is 5.27. The highest BCUT2D eigenvalue weighted by Gasteiger charge is 2.27. The lowest BCUT2D eigenvalue weighted by molar-refractivity contribution is -0.137. The van der Waals surface area contributed by atoms with Crippen LogP contribution in [0.25, 0.3) is 0 Å². The highest BCUT2D eigenvalue weighted by molar-refractivity contribution is 8.04. The van der Waals surface area contributed by atoms with Gasteiger partial charge < -0.3 is 4.74 Å². The SMILES string of the molecule is COC(=O)CS[C@@H]1CCCC[C@H]1Sc1cc(Cl)ccc1Cl. The topological polar surface area (TPSA) is 26.3 Å². The largest absolute Gasteiger partial charge is 0.468 e. The zero-order valence-corrected chi connectivity index (χ0v) is 15.0. The summed E-state index contributed by atoms with van der Waals surface area (Å²) in [4.78, 5) is 12.4. The van der Waals surface area contributed by atoms with Gasteiger partial charge in [-0.1, -0.05) is 36.0 Å². The summed E-state index contributed by atoms with van der Waals surface area (Å²) < 4.78 is 4.72. The normalized spacial score (nSPS) is 22.0. The molecular formula is C15H18Cl2O2S2.